The van der Waals surface area contributed by atoms with Crippen molar-refractivity contribution in [3.05, 3.63) is 107 Å². The van der Waals surface area contributed by atoms with Gasteiger partial charge in [0.2, 0.25) is 5.91 Å². The van der Waals surface area contributed by atoms with Gasteiger partial charge in [0.1, 0.15) is 5.41 Å². The molecule has 0 unspecified atom stereocenters. The molecule has 1 amide bonds. The number of para-hydroxylation sites is 1. The SMILES string of the molecule is CN1C(=O)[C@@]2(CC(=O)C(C(=O)c3ccccc3)=C2c2ccccc2)c2ccccc21. The molecule has 1 aliphatic carbocycles. The zero-order valence-electron chi connectivity index (χ0n) is 16.5. The first-order chi connectivity index (χ1) is 14.6. The normalized spacial score (nSPS) is 20.2. The molecule has 4 nitrogen and oxygen atoms in total. The van der Waals surface area contributed by atoms with Crippen molar-refractivity contribution < 1.29 is 14.4 Å². The number of nitrogens with zero attached hydrogens (tertiary/aromatic N) is 1. The van der Waals surface area contributed by atoms with E-state index in [0.717, 1.165) is 16.8 Å². The van der Waals surface area contributed by atoms with Crippen LogP contribution in [0.25, 0.3) is 5.57 Å². The number of hydrogen-bond donors (Lipinski definition) is 0. The fraction of sp³-hybridized carbons (Fsp3) is 0.115. The summed E-state index contributed by atoms with van der Waals surface area (Å²) in [5.74, 6) is -0.802. The molecule has 0 aromatic heterocycles. The van der Waals surface area contributed by atoms with Gasteiger partial charge in [0, 0.05) is 24.7 Å². The molecule has 0 saturated heterocycles. The highest BCUT2D eigenvalue weighted by atomic mass is 16.2. The number of carbonyl (C=O) groups is 3. The number of rotatable bonds is 3. The molecule has 0 saturated carbocycles. The van der Waals surface area contributed by atoms with Crippen LogP contribution >= 0.6 is 0 Å². The molecule has 30 heavy (non-hydrogen) atoms. The van der Waals surface area contributed by atoms with Crippen molar-refractivity contribution in [2.24, 2.45) is 0 Å². The molecule has 1 heterocycles. The molecule has 2 aliphatic rings. The van der Waals surface area contributed by atoms with Gasteiger partial charge < -0.3 is 4.90 Å². The van der Waals surface area contributed by atoms with E-state index in [0.29, 0.717) is 11.1 Å². The highest BCUT2D eigenvalue weighted by Gasteiger charge is 2.59. The lowest BCUT2D eigenvalue weighted by molar-refractivity contribution is -0.124. The summed E-state index contributed by atoms with van der Waals surface area (Å²) in [6.45, 7) is 0. The fourth-order valence-corrected chi connectivity index (χ4v) is 4.79. The first kappa shape index (κ1) is 18.3. The maximum Gasteiger partial charge on any atom is 0.242 e. The molecule has 1 atom stereocenters. The van der Waals surface area contributed by atoms with Gasteiger partial charge in [0.15, 0.2) is 11.6 Å². The largest absolute Gasteiger partial charge is 0.314 e. The Kier molecular flexibility index (Phi) is 4.03. The lowest BCUT2D eigenvalue weighted by atomic mass is 9.73. The Morgan fingerprint density at radius 3 is 2.13 bits per heavy atom. The van der Waals surface area contributed by atoms with E-state index in [2.05, 4.69) is 0 Å². The molecule has 3 aromatic carbocycles. The third-order valence-corrected chi connectivity index (χ3v) is 6.10. The molecule has 0 bridgehead atoms. The van der Waals surface area contributed by atoms with E-state index in [1.54, 1.807) is 36.2 Å². The van der Waals surface area contributed by atoms with E-state index in [-0.39, 0.29) is 29.5 Å². The number of fused-ring (bicyclic) bond motifs is 2. The van der Waals surface area contributed by atoms with Gasteiger partial charge in [-0.05, 0) is 22.8 Å². The number of ketones is 2. The standard InChI is InChI=1S/C26H19NO3/c1-27-20-15-9-8-14-19(20)26(25(27)30)16-21(28)22(23(26)17-10-4-2-5-11-17)24(29)18-12-6-3-7-13-18/h2-15H,16H2,1H3/t26-/m0/s1. The van der Waals surface area contributed by atoms with E-state index in [9.17, 15) is 14.4 Å². The van der Waals surface area contributed by atoms with Crippen molar-refractivity contribution in [1.29, 1.82) is 0 Å². The zero-order chi connectivity index (χ0) is 20.9. The van der Waals surface area contributed by atoms with Gasteiger partial charge in [-0.25, -0.2) is 0 Å². The van der Waals surface area contributed by atoms with Crippen molar-refractivity contribution in [2.45, 2.75) is 11.8 Å². The summed E-state index contributed by atoms with van der Waals surface area (Å²) in [6, 6.07) is 25.6. The molecular weight excluding hydrogens is 374 g/mol. The van der Waals surface area contributed by atoms with Crippen molar-refractivity contribution in [3.8, 4) is 0 Å². The quantitative estimate of drug-likeness (QED) is 0.495. The second-order valence-electron chi connectivity index (χ2n) is 7.70. The number of hydrogen-bond acceptors (Lipinski definition) is 3. The van der Waals surface area contributed by atoms with Crippen molar-refractivity contribution in [1.82, 2.24) is 0 Å². The van der Waals surface area contributed by atoms with Crippen LogP contribution in [0.1, 0.15) is 27.9 Å². The molecule has 0 fully saturated rings. The molecule has 0 radical (unpaired) electrons. The number of carbonyl (C=O) groups excluding carboxylic acids is 3. The third kappa shape index (κ3) is 2.37. The molecule has 1 aliphatic heterocycles. The van der Waals surface area contributed by atoms with Gasteiger partial charge in [-0.1, -0.05) is 78.9 Å². The molecule has 4 heteroatoms. The van der Waals surface area contributed by atoms with Gasteiger partial charge in [-0.3, -0.25) is 14.4 Å². The lowest BCUT2D eigenvalue weighted by Gasteiger charge is -2.26. The van der Waals surface area contributed by atoms with Gasteiger partial charge in [-0.2, -0.15) is 0 Å². The van der Waals surface area contributed by atoms with E-state index < -0.39 is 5.41 Å². The maximum atomic E-state index is 13.6. The van der Waals surface area contributed by atoms with Crippen molar-refractivity contribution in [3.63, 3.8) is 0 Å². The average Bonchev–Trinajstić information content (AvgIpc) is 3.22. The summed E-state index contributed by atoms with van der Waals surface area (Å²) >= 11 is 0. The molecule has 1 spiro atoms. The van der Waals surface area contributed by atoms with Crippen LogP contribution in [0.15, 0.2) is 90.5 Å². The summed E-state index contributed by atoms with van der Waals surface area (Å²) in [5.41, 5.74) is 2.18. The smallest absolute Gasteiger partial charge is 0.242 e. The number of amides is 1. The summed E-state index contributed by atoms with van der Waals surface area (Å²) in [4.78, 5) is 42.1. The van der Waals surface area contributed by atoms with Crippen LogP contribution in [0.5, 0.6) is 0 Å². The lowest BCUT2D eigenvalue weighted by Crippen LogP contribution is -2.38. The van der Waals surface area contributed by atoms with Gasteiger partial charge in [0.25, 0.3) is 0 Å². The minimum atomic E-state index is -1.18. The van der Waals surface area contributed by atoms with Crippen molar-refractivity contribution in [2.75, 3.05) is 11.9 Å². The fourth-order valence-electron chi connectivity index (χ4n) is 4.79. The van der Waals surface area contributed by atoms with Gasteiger partial charge >= 0.3 is 0 Å². The summed E-state index contributed by atoms with van der Waals surface area (Å²) < 4.78 is 0. The summed E-state index contributed by atoms with van der Waals surface area (Å²) in [7, 11) is 1.72. The van der Waals surface area contributed by atoms with Crippen LogP contribution in [0.4, 0.5) is 5.69 Å². The zero-order valence-corrected chi connectivity index (χ0v) is 16.5. The molecule has 0 N–H and O–H groups in total. The molecule has 3 aromatic rings. The molecular formula is C26H19NO3. The van der Waals surface area contributed by atoms with E-state index in [4.69, 9.17) is 0 Å². The van der Waals surface area contributed by atoms with Crippen LogP contribution in [-0.2, 0) is 15.0 Å². The third-order valence-electron chi connectivity index (χ3n) is 6.10. The summed E-state index contributed by atoms with van der Waals surface area (Å²) in [6.07, 6.45) is -0.0364. The van der Waals surface area contributed by atoms with Crippen LogP contribution in [0, 0.1) is 0 Å². The van der Waals surface area contributed by atoms with E-state index >= 15 is 0 Å². The van der Waals surface area contributed by atoms with Gasteiger partial charge in [0.05, 0.1) is 5.57 Å². The average molecular weight is 393 g/mol. The Bertz CT molecular complexity index is 1230. The Labute approximate surface area is 174 Å². The number of likely N-dealkylation sites (N-methyl/N-ethyl adjacent to an activating group) is 1. The topological polar surface area (TPSA) is 54.5 Å². The predicted molar refractivity (Wildman–Crippen MR) is 115 cm³/mol. The van der Waals surface area contributed by atoms with E-state index in [1.165, 1.54) is 0 Å². The Morgan fingerprint density at radius 2 is 1.43 bits per heavy atom. The second kappa shape index (κ2) is 6.63. The first-order valence-electron chi connectivity index (χ1n) is 9.86. The van der Waals surface area contributed by atoms with Gasteiger partial charge in [-0.15, -0.1) is 0 Å². The van der Waals surface area contributed by atoms with Crippen LogP contribution in [0.2, 0.25) is 0 Å². The minimum Gasteiger partial charge on any atom is -0.314 e. The molecule has 146 valence electrons. The number of anilines is 1. The molecule has 5 rings (SSSR count). The minimum absolute atomic E-state index is 0.0364. The highest BCUT2D eigenvalue weighted by molar-refractivity contribution is 6.38. The number of benzene rings is 3. The first-order valence-corrected chi connectivity index (χ1v) is 9.86. The number of Topliss-reactive ketones (excluding diaryl/α,β-unsaturated/α-hetero) is 2. The number of allylic oxidation sites excluding steroid dienone is 1. The monoisotopic (exact) mass is 393 g/mol. The van der Waals surface area contributed by atoms with Crippen LogP contribution in [0.3, 0.4) is 0 Å². The highest BCUT2D eigenvalue weighted by Crippen LogP contribution is 2.56. The second-order valence-corrected chi connectivity index (χ2v) is 7.70. The Balaban J connectivity index is 1.84. The van der Waals surface area contributed by atoms with Crippen LogP contribution < -0.4 is 4.90 Å². The maximum absolute atomic E-state index is 13.6. The van der Waals surface area contributed by atoms with Crippen LogP contribution in [-0.4, -0.2) is 24.5 Å². The summed E-state index contributed by atoms with van der Waals surface area (Å²) in [5, 5.41) is 0. The Hall–Kier alpha value is -3.79. The van der Waals surface area contributed by atoms with Crippen molar-refractivity contribution >= 4 is 28.7 Å². The van der Waals surface area contributed by atoms with E-state index in [1.807, 2.05) is 60.7 Å². The Morgan fingerprint density at radius 1 is 0.833 bits per heavy atom. The predicted octanol–water partition coefficient (Wildman–Crippen LogP) is 4.21.